The summed E-state index contributed by atoms with van der Waals surface area (Å²) >= 11 is 0. The average Bonchev–Trinajstić information content (AvgIpc) is 3.05. The van der Waals surface area contributed by atoms with Crippen LogP contribution >= 0.6 is 0 Å². The number of carbonyl (C=O) groups is 3. The monoisotopic (exact) mass is 424 g/mol. The van der Waals surface area contributed by atoms with Crippen molar-refractivity contribution in [3.05, 3.63) is 59.2 Å². The third-order valence-corrected chi connectivity index (χ3v) is 6.46. The van der Waals surface area contributed by atoms with E-state index >= 15 is 0 Å². The van der Waals surface area contributed by atoms with Crippen LogP contribution in [0.2, 0.25) is 0 Å². The Balaban J connectivity index is 1.64. The Labute approximate surface area is 172 Å². The maximum Gasteiger partial charge on any atom is 0.261 e. The molecule has 1 fully saturated rings. The number of imide groups is 1. The molecule has 2 aromatic rings. The van der Waals surface area contributed by atoms with E-state index in [1.165, 1.54) is 35.2 Å². The molecule has 1 unspecified atom stereocenters. The van der Waals surface area contributed by atoms with Crippen molar-refractivity contribution >= 4 is 33.4 Å². The van der Waals surface area contributed by atoms with Gasteiger partial charge < -0.3 is 4.90 Å². The highest BCUT2D eigenvalue weighted by Crippen LogP contribution is 2.33. The molecule has 1 atom stereocenters. The second-order valence-corrected chi connectivity index (χ2v) is 8.66. The highest BCUT2D eigenvalue weighted by atomic mass is 32.2. The lowest BCUT2D eigenvalue weighted by molar-refractivity contribution is -0.136. The van der Waals surface area contributed by atoms with Crippen LogP contribution in [0, 0.1) is 11.3 Å². The van der Waals surface area contributed by atoms with Crippen molar-refractivity contribution in [1.29, 1.82) is 5.26 Å². The lowest BCUT2D eigenvalue weighted by Gasteiger charge is -2.29. The quantitative estimate of drug-likeness (QED) is 0.706. The van der Waals surface area contributed by atoms with Gasteiger partial charge in [-0.2, -0.15) is 5.26 Å². The first kappa shape index (κ1) is 19.6. The van der Waals surface area contributed by atoms with Crippen LogP contribution in [-0.2, 0) is 26.2 Å². The summed E-state index contributed by atoms with van der Waals surface area (Å²) in [6, 6.07) is 11.3. The first-order valence-electron chi connectivity index (χ1n) is 9.10. The summed E-state index contributed by atoms with van der Waals surface area (Å²) < 4.78 is 28.1. The summed E-state index contributed by atoms with van der Waals surface area (Å²) in [5.41, 5.74) is 1.17. The largest absolute Gasteiger partial charge is 0.322 e. The number of amides is 3. The first-order chi connectivity index (χ1) is 14.3. The number of nitriles is 1. The fourth-order valence-corrected chi connectivity index (χ4v) is 4.76. The average molecular weight is 424 g/mol. The van der Waals surface area contributed by atoms with Gasteiger partial charge in [0.15, 0.2) is 0 Å². The van der Waals surface area contributed by atoms with Crippen molar-refractivity contribution in [2.24, 2.45) is 0 Å². The van der Waals surface area contributed by atoms with Gasteiger partial charge in [0.05, 0.1) is 22.2 Å². The predicted molar refractivity (Wildman–Crippen MR) is 104 cm³/mol. The van der Waals surface area contributed by atoms with Gasteiger partial charge in [0, 0.05) is 24.1 Å². The van der Waals surface area contributed by atoms with Crippen molar-refractivity contribution in [3.8, 4) is 6.07 Å². The van der Waals surface area contributed by atoms with Gasteiger partial charge in [-0.1, -0.05) is 12.1 Å². The van der Waals surface area contributed by atoms with Gasteiger partial charge in [0.25, 0.3) is 15.9 Å². The zero-order chi connectivity index (χ0) is 21.5. The van der Waals surface area contributed by atoms with E-state index in [0.29, 0.717) is 11.1 Å². The zero-order valence-corrected chi connectivity index (χ0v) is 16.4. The lowest BCUT2D eigenvalue weighted by atomic mass is 10.0. The number of anilines is 1. The SMILES string of the molecule is N#Cc1cccc(S(=O)(=O)Nc2cccc3c2CN(C2CCC(=O)NC2=O)C3=O)c1. The number of benzene rings is 2. The van der Waals surface area contributed by atoms with Gasteiger partial charge in [-0.3, -0.25) is 24.4 Å². The van der Waals surface area contributed by atoms with E-state index in [2.05, 4.69) is 10.0 Å². The number of nitrogens with one attached hydrogen (secondary N) is 2. The number of sulfonamides is 1. The molecular formula is C20H16N4O5S. The van der Waals surface area contributed by atoms with Crippen molar-refractivity contribution < 1.29 is 22.8 Å². The third-order valence-electron chi connectivity index (χ3n) is 5.10. The summed E-state index contributed by atoms with van der Waals surface area (Å²) in [7, 11) is -4.00. The number of nitrogens with zero attached hydrogens (tertiary/aromatic N) is 2. The highest BCUT2D eigenvalue weighted by Gasteiger charge is 2.40. The Morgan fingerprint density at radius 3 is 2.63 bits per heavy atom. The fourth-order valence-electron chi connectivity index (χ4n) is 3.62. The van der Waals surface area contributed by atoms with Crippen LogP contribution in [0.3, 0.4) is 0 Å². The molecule has 0 spiro atoms. The molecule has 9 nitrogen and oxygen atoms in total. The maximum absolute atomic E-state index is 12.8. The minimum absolute atomic E-state index is 0.0391. The number of hydrogen-bond donors (Lipinski definition) is 2. The number of fused-ring (bicyclic) bond motifs is 1. The van der Waals surface area contributed by atoms with E-state index in [0.717, 1.165) is 0 Å². The van der Waals surface area contributed by atoms with Crippen LogP contribution in [0.5, 0.6) is 0 Å². The summed E-state index contributed by atoms with van der Waals surface area (Å²) in [5.74, 6) is -1.32. The minimum Gasteiger partial charge on any atom is -0.322 e. The molecule has 0 radical (unpaired) electrons. The summed E-state index contributed by atoms with van der Waals surface area (Å²) in [6.07, 6.45) is 0.345. The topological polar surface area (TPSA) is 136 Å². The molecular weight excluding hydrogens is 408 g/mol. The second-order valence-electron chi connectivity index (χ2n) is 6.98. The number of hydrogen-bond acceptors (Lipinski definition) is 6. The van der Waals surface area contributed by atoms with E-state index in [-0.39, 0.29) is 41.4 Å². The van der Waals surface area contributed by atoms with Gasteiger partial charge in [0.2, 0.25) is 11.8 Å². The fraction of sp³-hybridized carbons (Fsp3) is 0.200. The van der Waals surface area contributed by atoms with Crippen LogP contribution in [0.15, 0.2) is 47.4 Å². The van der Waals surface area contributed by atoms with E-state index < -0.39 is 27.9 Å². The van der Waals surface area contributed by atoms with Crippen molar-refractivity contribution in [2.45, 2.75) is 30.3 Å². The number of piperidine rings is 1. The molecule has 30 heavy (non-hydrogen) atoms. The molecule has 1 saturated heterocycles. The van der Waals surface area contributed by atoms with Gasteiger partial charge in [-0.05, 0) is 36.8 Å². The maximum atomic E-state index is 12.8. The Morgan fingerprint density at radius 2 is 1.90 bits per heavy atom. The molecule has 2 N–H and O–H groups in total. The Bertz CT molecular complexity index is 1230. The van der Waals surface area contributed by atoms with Crippen molar-refractivity contribution in [1.82, 2.24) is 10.2 Å². The molecule has 2 aliphatic rings. The Hall–Kier alpha value is -3.71. The highest BCUT2D eigenvalue weighted by molar-refractivity contribution is 7.92. The predicted octanol–water partition coefficient (Wildman–Crippen LogP) is 1.12. The molecule has 152 valence electrons. The van der Waals surface area contributed by atoms with Crippen LogP contribution in [-0.4, -0.2) is 37.1 Å². The first-order valence-corrected chi connectivity index (χ1v) is 10.6. The van der Waals surface area contributed by atoms with Crippen LogP contribution < -0.4 is 10.0 Å². The van der Waals surface area contributed by atoms with Gasteiger partial charge in [-0.25, -0.2) is 8.42 Å². The molecule has 2 aliphatic heterocycles. The summed E-state index contributed by atoms with van der Waals surface area (Å²) in [5, 5.41) is 11.2. The molecule has 10 heteroatoms. The van der Waals surface area contributed by atoms with Crippen LogP contribution in [0.4, 0.5) is 5.69 Å². The Morgan fingerprint density at radius 1 is 1.13 bits per heavy atom. The van der Waals surface area contributed by atoms with E-state index in [4.69, 9.17) is 5.26 Å². The molecule has 0 aromatic heterocycles. The van der Waals surface area contributed by atoms with E-state index in [1.807, 2.05) is 6.07 Å². The van der Waals surface area contributed by atoms with Gasteiger partial charge in [-0.15, -0.1) is 0 Å². The van der Waals surface area contributed by atoms with Gasteiger partial charge in [0.1, 0.15) is 6.04 Å². The minimum atomic E-state index is -4.00. The lowest BCUT2D eigenvalue weighted by Crippen LogP contribution is -2.52. The zero-order valence-electron chi connectivity index (χ0n) is 15.6. The molecule has 3 amide bonds. The van der Waals surface area contributed by atoms with Crippen LogP contribution in [0.1, 0.15) is 34.3 Å². The number of carbonyl (C=O) groups excluding carboxylic acids is 3. The summed E-state index contributed by atoms with van der Waals surface area (Å²) in [6.45, 7) is 0.0391. The molecule has 2 aromatic carbocycles. The molecule has 0 bridgehead atoms. The molecule has 2 heterocycles. The standard InChI is InChI=1S/C20H16N4O5S/c21-10-12-3-1-4-13(9-12)30(28,29)23-16-6-2-5-14-15(16)11-24(20(14)27)17-7-8-18(25)22-19(17)26/h1-6,9,17,23H,7-8,11H2,(H,22,25,26). The third kappa shape index (κ3) is 3.40. The normalized spacial score (nSPS) is 18.6. The van der Waals surface area contributed by atoms with Gasteiger partial charge >= 0.3 is 0 Å². The molecule has 0 aliphatic carbocycles. The van der Waals surface area contributed by atoms with Crippen molar-refractivity contribution in [2.75, 3.05) is 4.72 Å². The number of rotatable bonds is 4. The Kier molecular flexibility index (Phi) is 4.75. The van der Waals surface area contributed by atoms with Crippen LogP contribution in [0.25, 0.3) is 0 Å². The molecule has 4 rings (SSSR count). The molecule has 0 saturated carbocycles. The van der Waals surface area contributed by atoms with Crippen molar-refractivity contribution in [3.63, 3.8) is 0 Å². The second kappa shape index (κ2) is 7.27. The summed E-state index contributed by atoms with van der Waals surface area (Å²) in [4.78, 5) is 37.7. The van der Waals surface area contributed by atoms with E-state index in [1.54, 1.807) is 12.1 Å². The van der Waals surface area contributed by atoms with E-state index in [9.17, 15) is 22.8 Å². The smallest absolute Gasteiger partial charge is 0.261 e.